The van der Waals surface area contributed by atoms with Crippen molar-refractivity contribution < 1.29 is 9.53 Å². The summed E-state index contributed by atoms with van der Waals surface area (Å²) in [5.74, 6) is 0.300. The molecule has 1 heterocycles. The third-order valence-electron chi connectivity index (χ3n) is 3.50. The zero-order chi connectivity index (χ0) is 16.3. The van der Waals surface area contributed by atoms with Crippen molar-refractivity contribution >= 4 is 5.91 Å². The molecular weight excluding hydrogens is 280 g/mol. The Morgan fingerprint density at radius 1 is 1.23 bits per heavy atom. The Morgan fingerprint density at radius 3 is 2.59 bits per heavy atom. The molecule has 0 radical (unpaired) electrons. The lowest BCUT2D eigenvalue weighted by Gasteiger charge is -2.18. The highest BCUT2D eigenvalue weighted by Crippen LogP contribution is 2.26. The summed E-state index contributed by atoms with van der Waals surface area (Å²) in [6.07, 6.45) is 0. The fourth-order valence-corrected chi connectivity index (χ4v) is 2.30. The largest absolute Gasteiger partial charge is 0.496 e. The molecule has 2 N–H and O–H groups in total. The van der Waals surface area contributed by atoms with Crippen molar-refractivity contribution in [1.82, 2.24) is 10.3 Å². The number of aromatic amines is 1. The van der Waals surface area contributed by atoms with Crippen molar-refractivity contribution in [3.63, 3.8) is 0 Å². The Hall–Kier alpha value is -2.56. The van der Waals surface area contributed by atoms with Gasteiger partial charge in [-0.2, -0.15) is 0 Å². The Kier molecular flexibility index (Phi) is 4.65. The summed E-state index contributed by atoms with van der Waals surface area (Å²) in [5.41, 5.74) is 2.38. The molecular formula is C17H20N2O3. The summed E-state index contributed by atoms with van der Waals surface area (Å²) in [7, 11) is 1.59. The molecule has 1 aromatic heterocycles. The van der Waals surface area contributed by atoms with Crippen LogP contribution in [0.1, 0.15) is 40.1 Å². The van der Waals surface area contributed by atoms with Gasteiger partial charge in [-0.15, -0.1) is 0 Å². The van der Waals surface area contributed by atoms with E-state index in [9.17, 15) is 9.59 Å². The average molecular weight is 300 g/mol. The second-order valence-corrected chi connectivity index (χ2v) is 5.32. The topological polar surface area (TPSA) is 71.2 Å². The number of carbonyl (C=O) groups is 1. The van der Waals surface area contributed by atoms with Crippen molar-refractivity contribution in [1.29, 1.82) is 0 Å². The zero-order valence-corrected chi connectivity index (χ0v) is 13.2. The van der Waals surface area contributed by atoms with Crippen LogP contribution in [0, 0.1) is 13.8 Å². The predicted molar refractivity (Wildman–Crippen MR) is 85.4 cm³/mol. The van der Waals surface area contributed by atoms with Crippen LogP contribution in [0.3, 0.4) is 0 Å². The average Bonchev–Trinajstić information content (AvgIpc) is 2.46. The molecule has 0 saturated heterocycles. The highest BCUT2D eigenvalue weighted by Gasteiger charge is 2.17. The van der Waals surface area contributed by atoms with Crippen LogP contribution in [0.5, 0.6) is 5.75 Å². The minimum absolute atomic E-state index is 0.101. The van der Waals surface area contributed by atoms with Gasteiger partial charge >= 0.3 is 0 Å². The Labute approximate surface area is 129 Å². The first-order chi connectivity index (χ1) is 10.4. The lowest BCUT2D eigenvalue weighted by Crippen LogP contribution is -2.31. The van der Waals surface area contributed by atoms with Crippen LogP contribution in [0.25, 0.3) is 0 Å². The molecule has 0 bridgehead atoms. The van der Waals surface area contributed by atoms with E-state index in [1.165, 1.54) is 6.07 Å². The number of nitrogens with one attached hydrogen (secondary N) is 2. The SMILES string of the molecule is COc1ccc(C)cc1C(C)NC(=O)c1ccc(C)[nH]c1=O. The third-order valence-corrected chi connectivity index (χ3v) is 3.50. The van der Waals surface area contributed by atoms with Crippen molar-refractivity contribution in [2.75, 3.05) is 7.11 Å². The van der Waals surface area contributed by atoms with E-state index >= 15 is 0 Å². The molecule has 0 aliphatic rings. The van der Waals surface area contributed by atoms with E-state index in [-0.39, 0.29) is 17.2 Å². The summed E-state index contributed by atoms with van der Waals surface area (Å²) in [6, 6.07) is 8.73. The van der Waals surface area contributed by atoms with Gasteiger partial charge in [0, 0.05) is 11.3 Å². The molecule has 2 aromatic rings. The molecule has 2 rings (SSSR count). The number of pyridine rings is 1. The van der Waals surface area contributed by atoms with E-state index in [4.69, 9.17) is 4.74 Å². The van der Waals surface area contributed by atoms with Gasteiger partial charge in [0.15, 0.2) is 0 Å². The van der Waals surface area contributed by atoms with Crippen LogP contribution in [0.2, 0.25) is 0 Å². The standard InChI is InChI=1S/C17H20N2O3/c1-10-5-8-15(22-4)14(9-10)12(3)19-17(21)13-7-6-11(2)18-16(13)20/h5-9,12H,1-4H3,(H,18,20)(H,19,21). The van der Waals surface area contributed by atoms with Crippen LogP contribution in [0.15, 0.2) is 35.1 Å². The minimum Gasteiger partial charge on any atom is -0.496 e. The highest BCUT2D eigenvalue weighted by atomic mass is 16.5. The van der Waals surface area contributed by atoms with Gasteiger partial charge in [-0.1, -0.05) is 17.7 Å². The number of aryl methyl sites for hydroxylation is 2. The lowest BCUT2D eigenvalue weighted by molar-refractivity contribution is 0.0938. The van der Waals surface area contributed by atoms with Crippen molar-refractivity contribution in [2.45, 2.75) is 26.8 Å². The Bertz CT molecular complexity index is 750. The number of hydrogen-bond acceptors (Lipinski definition) is 3. The van der Waals surface area contributed by atoms with E-state index in [1.54, 1.807) is 20.1 Å². The molecule has 0 saturated carbocycles. The number of benzene rings is 1. The fraction of sp³-hybridized carbons (Fsp3) is 0.294. The van der Waals surface area contributed by atoms with Crippen LogP contribution in [-0.2, 0) is 0 Å². The van der Waals surface area contributed by atoms with E-state index in [0.717, 1.165) is 16.8 Å². The van der Waals surface area contributed by atoms with Gasteiger partial charge in [-0.3, -0.25) is 9.59 Å². The number of methoxy groups -OCH3 is 1. The highest BCUT2D eigenvalue weighted by molar-refractivity contribution is 5.94. The first kappa shape index (κ1) is 15.8. The van der Waals surface area contributed by atoms with Gasteiger partial charge in [0.1, 0.15) is 11.3 Å². The van der Waals surface area contributed by atoms with E-state index in [0.29, 0.717) is 5.75 Å². The minimum atomic E-state index is -0.405. The Morgan fingerprint density at radius 2 is 1.95 bits per heavy atom. The molecule has 1 amide bonds. The van der Waals surface area contributed by atoms with E-state index in [2.05, 4.69) is 10.3 Å². The van der Waals surface area contributed by atoms with Gasteiger partial charge in [0.05, 0.1) is 13.2 Å². The summed E-state index contributed by atoms with van der Waals surface area (Å²) in [4.78, 5) is 26.7. The molecule has 1 unspecified atom stereocenters. The number of rotatable bonds is 4. The third kappa shape index (κ3) is 3.36. The van der Waals surface area contributed by atoms with E-state index < -0.39 is 5.91 Å². The second-order valence-electron chi connectivity index (χ2n) is 5.32. The Balaban J connectivity index is 2.25. The molecule has 5 heteroatoms. The number of aromatic nitrogens is 1. The number of carbonyl (C=O) groups excluding carboxylic acids is 1. The van der Waals surface area contributed by atoms with Gasteiger partial charge in [0.2, 0.25) is 0 Å². The summed E-state index contributed by atoms with van der Waals surface area (Å²) >= 11 is 0. The fourth-order valence-electron chi connectivity index (χ4n) is 2.30. The molecule has 0 spiro atoms. The van der Waals surface area contributed by atoms with Crippen LogP contribution >= 0.6 is 0 Å². The quantitative estimate of drug-likeness (QED) is 0.911. The first-order valence-corrected chi connectivity index (χ1v) is 7.07. The number of H-pyrrole nitrogens is 1. The number of hydrogen-bond donors (Lipinski definition) is 2. The van der Waals surface area contributed by atoms with Gasteiger partial charge in [-0.25, -0.2) is 0 Å². The van der Waals surface area contributed by atoms with Gasteiger partial charge < -0.3 is 15.0 Å². The first-order valence-electron chi connectivity index (χ1n) is 7.07. The van der Waals surface area contributed by atoms with Crippen LogP contribution in [-0.4, -0.2) is 18.0 Å². The summed E-state index contributed by atoms with van der Waals surface area (Å²) in [5, 5.41) is 2.84. The van der Waals surface area contributed by atoms with Gasteiger partial charge in [0.25, 0.3) is 11.5 Å². The molecule has 1 atom stereocenters. The van der Waals surface area contributed by atoms with Crippen molar-refractivity contribution in [3.05, 3.63) is 63.1 Å². The molecule has 5 nitrogen and oxygen atoms in total. The molecule has 0 fully saturated rings. The maximum atomic E-state index is 12.3. The molecule has 0 aliphatic heterocycles. The van der Waals surface area contributed by atoms with Crippen LogP contribution < -0.4 is 15.6 Å². The summed E-state index contributed by atoms with van der Waals surface area (Å²) < 4.78 is 5.33. The van der Waals surface area contributed by atoms with Crippen molar-refractivity contribution in [2.24, 2.45) is 0 Å². The molecule has 0 aliphatic carbocycles. The lowest BCUT2D eigenvalue weighted by atomic mass is 10.0. The maximum Gasteiger partial charge on any atom is 0.260 e. The van der Waals surface area contributed by atoms with E-state index in [1.807, 2.05) is 32.0 Å². The monoisotopic (exact) mass is 300 g/mol. The molecule has 22 heavy (non-hydrogen) atoms. The maximum absolute atomic E-state index is 12.3. The van der Waals surface area contributed by atoms with Crippen molar-refractivity contribution in [3.8, 4) is 5.75 Å². The molecule has 116 valence electrons. The smallest absolute Gasteiger partial charge is 0.260 e. The van der Waals surface area contributed by atoms with Crippen LogP contribution in [0.4, 0.5) is 0 Å². The second kappa shape index (κ2) is 6.47. The zero-order valence-electron chi connectivity index (χ0n) is 13.2. The normalized spacial score (nSPS) is 11.8. The molecule has 1 aromatic carbocycles. The van der Waals surface area contributed by atoms with Gasteiger partial charge in [-0.05, 0) is 39.0 Å². The number of ether oxygens (including phenoxy) is 1. The summed E-state index contributed by atoms with van der Waals surface area (Å²) in [6.45, 7) is 5.60. The number of amides is 1. The predicted octanol–water partition coefficient (Wildman–Crippen LogP) is 2.49.